The standard InChI is InChI=1S/C17H18O/c1-2-3-4-9-14-15-10-12-7-5-6-8-13(12)16(15)11-17(14)18/h5-8,10-11,14H,2-4,9H2,1H3. The van der Waals surface area contributed by atoms with Crippen molar-refractivity contribution in [1.82, 2.24) is 0 Å². The molecular formula is C17H18O. The first kappa shape index (κ1) is 11.5. The van der Waals surface area contributed by atoms with E-state index in [1.54, 1.807) is 0 Å². The number of fused-ring (bicyclic) bond motifs is 3. The van der Waals surface area contributed by atoms with Crippen molar-refractivity contribution in [3.8, 4) is 0 Å². The van der Waals surface area contributed by atoms with Crippen LogP contribution in [-0.2, 0) is 4.79 Å². The molecule has 1 atom stereocenters. The molecule has 18 heavy (non-hydrogen) atoms. The van der Waals surface area contributed by atoms with Crippen LogP contribution in [0.4, 0.5) is 0 Å². The Morgan fingerprint density at radius 3 is 2.78 bits per heavy atom. The van der Waals surface area contributed by atoms with E-state index in [-0.39, 0.29) is 5.92 Å². The molecule has 1 unspecified atom stereocenters. The third-order valence-corrected chi connectivity index (χ3v) is 3.97. The fourth-order valence-corrected chi connectivity index (χ4v) is 3.01. The van der Waals surface area contributed by atoms with Gasteiger partial charge in [-0.25, -0.2) is 0 Å². The van der Waals surface area contributed by atoms with Crippen molar-refractivity contribution in [3.63, 3.8) is 0 Å². The lowest BCUT2D eigenvalue weighted by molar-refractivity contribution is -0.116. The number of hydrogen-bond donors (Lipinski definition) is 0. The monoisotopic (exact) mass is 238 g/mol. The van der Waals surface area contributed by atoms with E-state index < -0.39 is 0 Å². The van der Waals surface area contributed by atoms with Gasteiger partial charge in [0.05, 0.1) is 0 Å². The highest BCUT2D eigenvalue weighted by Gasteiger charge is 2.34. The zero-order valence-corrected chi connectivity index (χ0v) is 10.8. The topological polar surface area (TPSA) is 17.1 Å². The highest BCUT2D eigenvalue weighted by molar-refractivity contribution is 6.15. The number of rotatable bonds is 4. The number of carbonyl (C=O) groups excluding carboxylic acids is 1. The maximum atomic E-state index is 12.1. The molecule has 0 aliphatic heterocycles. The van der Waals surface area contributed by atoms with Crippen LogP contribution in [0.2, 0.25) is 0 Å². The Kier molecular flexibility index (Phi) is 2.91. The van der Waals surface area contributed by atoms with Gasteiger partial charge in [0.2, 0.25) is 0 Å². The molecule has 2 aliphatic rings. The van der Waals surface area contributed by atoms with Gasteiger partial charge < -0.3 is 0 Å². The van der Waals surface area contributed by atoms with Gasteiger partial charge in [-0.05, 0) is 40.8 Å². The number of hydrogen-bond acceptors (Lipinski definition) is 1. The Balaban J connectivity index is 1.86. The van der Waals surface area contributed by atoms with Crippen molar-refractivity contribution in [2.24, 2.45) is 5.92 Å². The summed E-state index contributed by atoms with van der Waals surface area (Å²) < 4.78 is 0. The van der Waals surface area contributed by atoms with Gasteiger partial charge >= 0.3 is 0 Å². The quantitative estimate of drug-likeness (QED) is 0.717. The highest BCUT2D eigenvalue weighted by atomic mass is 16.1. The van der Waals surface area contributed by atoms with Gasteiger partial charge in [0.1, 0.15) is 0 Å². The van der Waals surface area contributed by atoms with Crippen molar-refractivity contribution in [2.75, 3.05) is 0 Å². The van der Waals surface area contributed by atoms with Crippen LogP contribution < -0.4 is 0 Å². The van der Waals surface area contributed by atoms with Crippen molar-refractivity contribution in [1.29, 1.82) is 0 Å². The van der Waals surface area contributed by atoms with E-state index in [4.69, 9.17) is 0 Å². The molecule has 92 valence electrons. The Labute approximate surface area is 108 Å². The minimum absolute atomic E-state index is 0.124. The smallest absolute Gasteiger partial charge is 0.163 e. The molecule has 0 aromatic heterocycles. The molecule has 2 aliphatic carbocycles. The molecule has 0 amide bonds. The molecule has 1 aromatic carbocycles. The van der Waals surface area contributed by atoms with Crippen LogP contribution in [0, 0.1) is 5.92 Å². The molecule has 1 aromatic rings. The zero-order valence-electron chi connectivity index (χ0n) is 10.8. The summed E-state index contributed by atoms with van der Waals surface area (Å²) in [7, 11) is 0. The van der Waals surface area contributed by atoms with E-state index in [2.05, 4.69) is 31.2 Å². The maximum absolute atomic E-state index is 12.1. The van der Waals surface area contributed by atoms with Gasteiger partial charge in [0.15, 0.2) is 5.78 Å². The number of ketones is 1. The van der Waals surface area contributed by atoms with Gasteiger partial charge in [-0.3, -0.25) is 4.79 Å². The highest BCUT2D eigenvalue weighted by Crippen LogP contribution is 2.45. The third-order valence-electron chi connectivity index (χ3n) is 3.97. The van der Waals surface area contributed by atoms with E-state index >= 15 is 0 Å². The summed E-state index contributed by atoms with van der Waals surface area (Å²) in [6, 6.07) is 8.36. The Bertz CT molecular complexity index is 548. The normalized spacial score (nSPS) is 20.5. The second-order valence-electron chi connectivity index (χ2n) is 5.20. The van der Waals surface area contributed by atoms with Gasteiger partial charge in [-0.1, -0.05) is 50.5 Å². The fraction of sp³-hybridized carbons (Fsp3) is 0.353. The Morgan fingerprint density at radius 2 is 1.94 bits per heavy atom. The molecule has 3 rings (SSSR count). The lowest BCUT2D eigenvalue weighted by Crippen LogP contribution is -2.08. The van der Waals surface area contributed by atoms with Crippen molar-refractivity contribution in [2.45, 2.75) is 32.6 Å². The largest absolute Gasteiger partial charge is 0.294 e. The Morgan fingerprint density at radius 1 is 1.11 bits per heavy atom. The number of carbonyl (C=O) groups is 1. The number of benzene rings is 1. The third kappa shape index (κ3) is 1.74. The molecule has 1 heteroatoms. The first-order valence-corrected chi connectivity index (χ1v) is 6.88. The van der Waals surface area contributed by atoms with Crippen molar-refractivity contribution >= 4 is 17.4 Å². The summed E-state index contributed by atoms with van der Waals surface area (Å²) >= 11 is 0. The van der Waals surface area contributed by atoms with Gasteiger partial charge in [-0.15, -0.1) is 0 Å². The molecule has 0 fully saturated rings. The Hall–Kier alpha value is -1.63. The summed E-state index contributed by atoms with van der Waals surface area (Å²) in [5, 5.41) is 0. The lowest BCUT2D eigenvalue weighted by atomic mass is 9.93. The number of allylic oxidation sites excluding steroid dienone is 3. The molecular weight excluding hydrogens is 220 g/mol. The van der Waals surface area contributed by atoms with Crippen LogP contribution in [0.3, 0.4) is 0 Å². The molecule has 1 nitrogen and oxygen atoms in total. The first-order chi connectivity index (χ1) is 8.81. The number of unbranched alkanes of at least 4 members (excludes halogenated alkanes) is 2. The average Bonchev–Trinajstić information content (AvgIpc) is 2.87. The SMILES string of the molecule is CCCCCC1C(=O)C=C2C1=Cc1ccccc12. The second-order valence-corrected chi connectivity index (χ2v) is 5.20. The van der Waals surface area contributed by atoms with Crippen LogP contribution in [0.1, 0.15) is 43.7 Å². The van der Waals surface area contributed by atoms with Crippen molar-refractivity contribution in [3.05, 3.63) is 47.0 Å². The molecule has 0 heterocycles. The van der Waals surface area contributed by atoms with Crippen molar-refractivity contribution < 1.29 is 4.79 Å². The molecule has 0 saturated carbocycles. The average molecular weight is 238 g/mol. The zero-order chi connectivity index (χ0) is 12.5. The lowest BCUT2D eigenvalue weighted by Gasteiger charge is -2.10. The first-order valence-electron chi connectivity index (χ1n) is 6.88. The predicted octanol–water partition coefficient (Wildman–Crippen LogP) is 4.25. The second kappa shape index (κ2) is 4.56. The van der Waals surface area contributed by atoms with Gasteiger partial charge in [0, 0.05) is 5.92 Å². The molecule has 0 saturated heterocycles. The fourth-order valence-electron chi connectivity index (χ4n) is 3.01. The van der Waals surface area contributed by atoms with Gasteiger partial charge in [-0.2, -0.15) is 0 Å². The van der Waals surface area contributed by atoms with E-state index in [1.165, 1.54) is 35.1 Å². The minimum Gasteiger partial charge on any atom is -0.294 e. The van der Waals surface area contributed by atoms with E-state index in [0.717, 1.165) is 12.8 Å². The van der Waals surface area contributed by atoms with Crippen LogP contribution in [0.5, 0.6) is 0 Å². The predicted molar refractivity (Wildman–Crippen MR) is 75.0 cm³/mol. The summed E-state index contributed by atoms with van der Waals surface area (Å²) in [6.07, 6.45) is 8.66. The van der Waals surface area contributed by atoms with Crippen LogP contribution in [0.25, 0.3) is 11.6 Å². The summed E-state index contributed by atoms with van der Waals surface area (Å²) in [6.45, 7) is 2.20. The molecule has 0 bridgehead atoms. The van der Waals surface area contributed by atoms with Gasteiger partial charge in [0.25, 0.3) is 0 Å². The van der Waals surface area contributed by atoms with Crippen LogP contribution >= 0.6 is 0 Å². The molecule has 0 N–H and O–H groups in total. The van der Waals surface area contributed by atoms with Crippen LogP contribution in [-0.4, -0.2) is 5.78 Å². The molecule has 0 radical (unpaired) electrons. The molecule has 0 spiro atoms. The summed E-state index contributed by atoms with van der Waals surface area (Å²) in [4.78, 5) is 12.1. The van der Waals surface area contributed by atoms with Crippen LogP contribution in [0.15, 0.2) is 35.9 Å². The maximum Gasteiger partial charge on any atom is 0.163 e. The summed E-state index contributed by atoms with van der Waals surface area (Å²) in [5.74, 6) is 0.431. The van der Waals surface area contributed by atoms with E-state index in [1.807, 2.05) is 12.1 Å². The minimum atomic E-state index is 0.124. The van der Waals surface area contributed by atoms with E-state index in [9.17, 15) is 4.79 Å². The van der Waals surface area contributed by atoms with E-state index in [0.29, 0.717) is 5.78 Å². The summed E-state index contributed by atoms with van der Waals surface area (Å²) in [5.41, 5.74) is 4.94.